The predicted molar refractivity (Wildman–Crippen MR) is 173 cm³/mol. The van der Waals surface area contributed by atoms with Crippen LogP contribution in [0.3, 0.4) is 0 Å². The first kappa shape index (κ1) is 36.0. The molecule has 0 aromatic carbocycles. The lowest BCUT2D eigenvalue weighted by Gasteiger charge is -2.56. The molecule has 2 aliphatic rings. The second-order valence-corrected chi connectivity index (χ2v) is 21.7. The van der Waals surface area contributed by atoms with Gasteiger partial charge in [0.1, 0.15) is 0 Å². The monoisotopic (exact) mass is 581 g/mol. The summed E-state index contributed by atoms with van der Waals surface area (Å²) in [4.78, 5) is 0. The maximum absolute atomic E-state index is 6.10. The van der Waals surface area contributed by atoms with Gasteiger partial charge in [-0.2, -0.15) is 0 Å². The molecule has 0 aromatic rings. The van der Waals surface area contributed by atoms with E-state index < -0.39 is 8.07 Å². The maximum atomic E-state index is 6.10. The summed E-state index contributed by atoms with van der Waals surface area (Å²) in [5, 5.41) is 4.17. The molecule has 5 nitrogen and oxygen atoms in total. The first-order chi connectivity index (χ1) is 18.8. The van der Waals surface area contributed by atoms with Gasteiger partial charge >= 0.3 is 0 Å². The summed E-state index contributed by atoms with van der Waals surface area (Å²) in [5.41, 5.74) is 1.14. The van der Waals surface area contributed by atoms with Crippen molar-refractivity contribution in [1.29, 1.82) is 0 Å². The molecule has 0 heterocycles. The molecule has 2 rings (SSSR count). The van der Waals surface area contributed by atoms with Gasteiger partial charge in [0.25, 0.3) is 0 Å². The number of hydrogen-bond donors (Lipinski definition) is 1. The summed E-state index contributed by atoms with van der Waals surface area (Å²) in [5.74, 6) is 0.753. The van der Waals surface area contributed by atoms with Crippen molar-refractivity contribution in [2.45, 2.75) is 141 Å². The lowest BCUT2D eigenvalue weighted by molar-refractivity contribution is -0.0227. The highest BCUT2D eigenvalue weighted by Gasteiger charge is 2.54. The van der Waals surface area contributed by atoms with E-state index in [-0.39, 0.29) is 5.41 Å². The highest BCUT2D eigenvalue weighted by atomic mass is 28.3. The van der Waals surface area contributed by atoms with Gasteiger partial charge < -0.3 is 18.9 Å². The van der Waals surface area contributed by atoms with E-state index >= 15 is 0 Å². The van der Waals surface area contributed by atoms with Crippen molar-refractivity contribution in [3.63, 3.8) is 0 Å². The van der Waals surface area contributed by atoms with Crippen molar-refractivity contribution in [2.75, 3.05) is 52.9 Å². The Morgan fingerprint density at radius 1 is 0.700 bits per heavy atom. The number of allylic oxidation sites excluding steroid dienone is 2. The SMILES string of the molecule is CC(C)(COCCOCCOCNCCO[C@H]1CC/C=C/CCC1)C1CCC([Si](C)(C(C)(C)C)C(C)(C)C)CC1. The van der Waals surface area contributed by atoms with Crippen molar-refractivity contribution in [2.24, 2.45) is 11.3 Å². The zero-order valence-corrected chi connectivity index (χ0v) is 29.0. The summed E-state index contributed by atoms with van der Waals surface area (Å²) < 4.78 is 23.5. The van der Waals surface area contributed by atoms with Crippen LogP contribution in [-0.4, -0.2) is 67.1 Å². The lowest BCUT2D eigenvalue weighted by atomic mass is 9.71. The third-order valence-corrected chi connectivity index (χ3v) is 19.0. The van der Waals surface area contributed by atoms with Crippen LogP contribution in [0, 0.1) is 11.3 Å². The molecule has 1 atom stereocenters. The molecule has 0 aromatic heterocycles. The number of rotatable bonds is 16. The van der Waals surface area contributed by atoms with Crippen LogP contribution in [0.1, 0.15) is 113 Å². The van der Waals surface area contributed by atoms with Gasteiger partial charge in [-0.3, -0.25) is 5.32 Å². The first-order valence-corrected chi connectivity index (χ1v) is 19.1. The Labute approximate surface area is 249 Å². The van der Waals surface area contributed by atoms with E-state index in [0.717, 1.165) is 44.1 Å². The van der Waals surface area contributed by atoms with Crippen molar-refractivity contribution in [3.8, 4) is 0 Å². The first-order valence-electron chi connectivity index (χ1n) is 16.5. The van der Waals surface area contributed by atoms with Crippen molar-refractivity contribution < 1.29 is 18.9 Å². The van der Waals surface area contributed by atoms with E-state index in [9.17, 15) is 0 Å². The molecule has 0 spiro atoms. The number of hydrogen-bond acceptors (Lipinski definition) is 5. The Hall–Kier alpha value is -0.243. The molecule has 236 valence electrons. The van der Waals surface area contributed by atoms with Crippen LogP contribution in [0.15, 0.2) is 12.2 Å². The molecule has 2 aliphatic carbocycles. The topological polar surface area (TPSA) is 49.0 Å². The molecule has 1 saturated carbocycles. The van der Waals surface area contributed by atoms with Crippen LogP contribution in [0.2, 0.25) is 22.2 Å². The third kappa shape index (κ3) is 11.4. The Balaban J connectivity index is 1.50. The average Bonchev–Trinajstić information content (AvgIpc) is 2.86. The van der Waals surface area contributed by atoms with E-state index in [1.54, 1.807) is 0 Å². The van der Waals surface area contributed by atoms with Crippen LogP contribution in [0.5, 0.6) is 0 Å². The fourth-order valence-corrected chi connectivity index (χ4v) is 13.6. The van der Waals surface area contributed by atoms with Crippen LogP contribution in [-0.2, 0) is 18.9 Å². The van der Waals surface area contributed by atoms with Gasteiger partial charge in [0, 0.05) is 6.54 Å². The van der Waals surface area contributed by atoms with Gasteiger partial charge in [0.2, 0.25) is 0 Å². The Bertz CT molecular complexity index is 690. The van der Waals surface area contributed by atoms with Crippen LogP contribution in [0.4, 0.5) is 0 Å². The highest BCUT2D eigenvalue weighted by Crippen LogP contribution is 2.61. The smallest absolute Gasteiger partial charge is 0.0967 e. The minimum atomic E-state index is -1.48. The molecule has 1 N–H and O–H groups in total. The molecule has 0 saturated heterocycles. The summed E-state index contributed by atoms with van der Waals surface area (Å²) in [6, 6.07) is 0. The van der Waals surface area contributed by atoms with Crippen molar-refractivity contribution in [3.05, 3.63) is 12.2 Å². The molecule has 0 bridgehead atoms. The minimum absolute atomic E-state index is 0.220. The van der Waals surface area contributed by atoms with Crippen LogP contribution < -0.4 is 5.32 Å². The molecule has 6 heteroatoms. The Morgan fingerprint density at radius 3 is 1.95 bits per heavy atom. The van der Waals surface area contributed by atoms with Crippen molar-refractivity contribution >= 4 is 8.07 Å². The molecule has 0 amide bonds. The van der Waals surface area contributed by atoms with Gasteiger partial charge in [0.15, 0.2) is 0 Å². The third-order valence-electron chi connectivity index (χ3n) is 10.5. The summed E-state index contributed by atoms with van der Waals surface area (Å²) in [7, 11) is -1.48. The zero-order chi connectivity index (χ0) is 29.7. The van der Waals surface area contributed by atoms with E-state index in [4.69, 9.17) is 18.9 Å². The van der Waals surface area contributed by atoms with Gasteiger partial charge in [-0.1, -0.05) is 86.9 Å². The molecular weight excluding hydrogens is 514 g/mol. The number of nitrogens with one attached hydrogen (secondary N) is 1. The van der Waals surface area contributed by atoms with Gasteiger partial charge in [-0.05, 0) is 71.9 Å². The largest absolute Gasteiger partial charge is 0.378 e. The highest BCUT2D eigenvalue weighted by molar-refractivity contribution is 6.85. The summed E-state index contributed by atoms with van der Waals surface area (Å²) in [6.07, 6.45) is 16.4. The predicted octanol–water partition coefficient (Wildman–Crippen LogP) is 8.75. The second-order valence-electron chi connectivity index (χ2n) is 15.4. The van der Waals surface area contributed by atoms with E-state index in [2.05, 4.69) is 79.4 Å². The fraction of sp³-hybridized carbons (Fsp3) is 0.941. The maximum Gasteiger partial charge on any atom is 0.0967 e. The molecule has 40 heavy (non-hydrogen) atoms. The molecule has 0 aliphatic heterocycles. The fourth-order valence-electron chi connectivity index (χ4n) is 7.40. The van der Waals surface area contributed by atoms with E-state index in [1.807, 2.05) is 0 Å². The van der Waals surface area contributed by atoms with Crippen LogP contribution >= 0.6 is 0 Å². The van der Waals surface area contributed by atoms with Crippen LogP contribution in [0.25, 0.3) is 0 Å². The minimum Gasteiger partial charge on any atom is -0.378 e. The van der Waals surface area contributed by atoms with Crippen molar-refractivity contribution in [1.82, 2.24) is 5.32 Å². The van der Waals surface area contributed by atoms with Gasteiger partial charge in [-0.25, -0.2) is 0 Å². The van der Waals surface area contributed by atoms with Gasteiger partial charge in [-0.15, -0.1) is 0 Å². The quantitative estimate of drug-likeness (QED) is 0.0854. The molecule has 0 radical (unpaired) electrons. The second kappa shape index (κ2) is 17.2. The summed E-state index contributed by atoms with van der Waals surface area (Å²) in [6.45, 7) is 28.0. The summed E-state index contributed by atoms with van der Waals surface area (Å²) >= 11 is 0. The number of ether oxygens (including phenoxy) is 4. The Kier molecular flexibility index (Phi) is 15.4. The van der Waals surface area contributed by atoms with E-state index in [1.165, 1.54) is 44.9 Å². The molecular formula is C34H67NO4Si. The molecule has 0 unspecified atom stereocenters. The molecule has 1 fully saturated rings. The Morgan fingerprint density at radius 2 is 1.30 bits per heavy atom. The average molecular weight is 582 g/mol. The van der Waals surface area contributed by atoms with E-state index in [0.29, 0.717) is 49.3 Å². The zero-order valence-electron chi connectivity index (χ0n) is 28.0. The van der Waals surface area contributed by atoms with Gasteiger partial charge in [0.05, 0.1) is 60.5 Å². The normalized spacial score (nSPS) is 24.5. The lowest BCUT2D eigenvalue weighted by Crippen LogP contribution is -2.53. The standard InChI is InChI=1S/C34H67NO4Si/c1-32(2,3)40(9,33(4,5)6)31-19-17-29(18-20-31)34(7,8)27-37-25-23-36-24-26-38-28-35-21-22-39-30-15-13-11-10-12-14-16-30/h10-11,29-31,35H,12-28H2,1-9H3/b11-10+/t29?,30-,31?/m0/s1.